The average Bonchev–Trinajstić information content (AvgIpc) is 2.91. The smallest absolute Gasteiger partial charge is 0.00180 e. The molecule has 72 valence electrons. The Morgan fingerprint density at radius 3 is 2.33 bits per heavy atom. The summed E-state index contributed by atoms with van der Waals surface area (Å²) in [7, 11) is 0. The highest BCUT2D eigenvalue weighted by molar-refractivity contribution is 4.93. The first kappa shape index (κ1) is 10.0. The van der Waals surface area contributed by atoms with E-state index in [2.05, 4.69) is 13.8 Å². The normalized spacial score (nSPS) is 22.2. The first-order chi connectivity index (χ1) is 5.79. The minimum Gasteiger partial charge on any atom is -0.330 e. The van der Waals surface area contributed by atoms with Gasteiger partial charge in [-0.05, 0) is 43.6 Å². The van der Waals surface area contributed by atoms with Gasteiger partial charge >= 0.3 is 0 Å². The molecule has 0 aliphatic heterocycles. The van der Waals surface area contributed by atoms with Crippen LogP contribution in [0.4, 0.5) is 0 Å². The Hall–Kier alpha value is -0.0400. The van der Waals surface area contributed by atoms with E-state index in [0.717, 1.165) is 12.5 Å². The van der Waals surface area contributed by atoms with E-state index in [-0.39, 0.29) is 0 Å². The summed E-state index contributed by atoms with van der Waals surface area (Å²) in [5.74, 6) is 0.971. The molecule has 0 aromatic rings. The second kappa shape index (κ2) is 4.27. The zero-order valence-electron chi connectivity index (χ0n) is 8.60. The minimum atomic E-state index is 0.524. The zero-order valence-corrected chi connectivity index (χ0v) is 8.60. The molecule has 0 bridgehead atoms. The molecular weight excluding hydrogens is 146 g/mol. The van der Waals surface area contributed by atoms with Crippen molar-refractivity contribution in [3.63, 3.8) is 0 Å². The summed E-state index contributed by atoms with van der Waals surface area (Å²) in [5, 5.41) is 0. The Balaban J connectivity index is 2.43. The van der Waals surface area contributed by atoms with E-state index in [9.17, 15) is 0 Å². The van der Waals surface area contributed by atoms with Crippen LogP contribution in [0.25, 0.3) is 0 Å². The van der Waals surface area contributed by atoms with Crippen LogP contribution in [-0.2, 0) is 0 Å². The predicted molar refractivity (Wildman–Crippen MR) is 54.0 cm³/mol. The summed E-state index contributed by atoms with van der Waals surface area (Å²) in [6, 6.07) is 0. The van der Waals surface area contributed by atoms with Crippen LogP contribution in [0, 0.1) is 11.3 Å². The van der Waals surface area contributed by atoms with Gasteiger partial charge in [0.1, 0.15) is 0 Å². The lowest BCUT2D eigenvalue weighted by Crippen LogP contribution is -2.32. The summed E-state index contributed by atoms with van der Waals surface area (Å²) in [6.07, 6.45) is 8.20. The standard InChI is InChI=1S/C11H23N/c1-3-5-8-11(4-2,9-12)10-6-7-10/h10H,3-9,12H2,1-2H3. The van der Waals surface area contributed by atoms with E-state index in [0.29, 0.717) is 5.41 Å². The molecule has 0 amide bonds. The van der Waals surface area contributed by atoms with Gasteiger partial charge in [-0.3, -0.25) is 0 Å². The summed E-state index contributed by atoms with van der Waals surface area (Å²) in [6.45, 7) is 5.48. The van der Waals surface area contributed by atoms with E-state index < -0.39 is 0 Å². The Morgan fingerprint density at radius 1 is 1.33 bits per heavy atom. The fourth-order valence-electron chi connectivity index (χ4n) is 2.31. The summed E-state index contributed by atoms with van der Waals surface area (Å²) >= 11 is 0. The molecule has 2 N–H and O–H groups in total. The quantitative estimate of drug-likeness (QED) is 0.650. The molecule has 0 aromatic carbocycles. The van der Waals surface area contributed by atoms with Crippen molar-refractivity contribution in [3.8, 4) is 0 Å². The highest BCUT2D eigenvalue weighted by Gasteiger charge is 2.41. The van der Waals surface area contributed by atoms with Gasteiger partial charge in [-0.1, -0.05) is 26.7 Å². The molecule has 1 aliphatic carbocycles. The molecule has 0 saturated heterocycles. The van der Waals surface area contributed by atoms with Crippen LogP contribution in [0.15, 0.2) is 0 Å². The summed E-state index contributed by atoms with van der Waals surface area (Å²) < 4.78 is 0. The highest BCUT2D eigenvalue weighted by atomic mass is 14.6. The maximum Gasteiger partial charge on any atom is -0.00180 e. The topological polar surface area (TPSA) is 26.0 Å². The number of hydrogen-bond donors (Lipinski definition) is 1. The fourth-order valence-corrected chi connectivity index (χ4v) is 2.31. The molecule has 12 heavy (non-hydrogen) atoms. The SMILES string of the molecule is CCCCC(CC)(CN)C1CC1. The largest absolute Gasteiger partial charge is 0.330 e. The third-order valence-corrected chi connectivity index (χ3v) is 3.58. The zero-order chi connectivity index (χ0) is 9.03. The molecular formula is C11H23N. The average molecular weight is 169 g/mol. The second-order valence-electron chi connectivity index (χ2n) is 4.30. The Bertz CT molecular complexity index is 123. The van der Waals surface area contributed by atoms with Gasteiger partial charge in [-0.25, -0.2) is 0 Å². The van der Waals surface area contributed by atoms with Crippen LogP contribution in [0.3, 0.4) is 0 Å². The molecule has 1 rings (SSSR count). The van der Waals surface area contributed by atoms with Crippen molar-refractivity contribution in [1.29, 1.82) is 0 Å². The van der Waals surface area contributed by atoms with Crippen molar-refractivity contribution in [2.75, 3.05) is 6.54 Å². The van der Waals surface area contributed by atoms with Crippen molar-refractivity contribution in [1.82, 2.24) is 0 Å². The molecule has 1 unspecified atom stereocenters. The Labute approximate surface area is 76.7 Å². The van der Waals surface area contributed by atoms with Crippen LogP contribution >= 0.6 is 0 Å². The van der Waals surface area contributed by atoms with Crippen molar-refractivity contribution >= 4 is 0 Å². The molecule has 0 radical (unpaired) electrons. The van der Waals surface area contributed by atoms with Crippen LogP contribution in [0.1, 0.15) is 52.4 Å². The molecule has 1 atom stereocenters. The number of hydrogen-bond acceptors (Lipinski definition) is 1. The molecule has 1 fully saturated rings. The van der Waals surface area contributed by atoms with Crippen molar-refractivity contribution in [2.24, 2.45) is 17.1 Å². The van der Waals surface area contributed by atoms with Gasteiger partial charge in [-0.15, -0.1) is 0 Å². The molecule has 0 spiro atoms. The fraction of sp³-hybridized carbons (Fsp3) is 1.00. The number of nitrogens with two attached hydrogens (primary N) is 1. The van der Waals surface area contributed by atoms with Crippen LogP contribution in [0.5, 0.6) is 0 Å². The van der Waals surface area contributed by atoms with Gasteiger partial charge in [0.2, 0.25) is 0 Å². The van der Waals surface area contributed by atoms with Crippen molar-refractivity contribution in [2.45, 2.75) is 52.4 Å². The molecule has 1 saturated carbocycles. The third-order valence-electron chi connectivity index (χ3n) is 3.58. The Morgan fingerprint density at radius 2 is 2.00 bits per heavy atom. The maximum absolute atomic E-state index is 5.90. The van der Waals surface area contributed by atoms with Gasteiger partial charge in [0.15, 0.2) is 0 Å². The van der Waals surface area contributed by atoms with E-state index >= 15 is 0 Å². The molecule has 1 heteroatoms. The predicted octanol–water partition coefficient (Wildman–Crippen LogP) is 2.94. The van der Waals surface area contributed by atoms with E-state index in [1.54, 1.807) is 0 Å². The van der Waals surface area contributed by atoms with Crippen LogP contribution < -0.4 is 5.73 Å². The molecule has 0 aromatic heterocycles. The van der Waals surface area contributed by atoms with Gasteiger partial charge in [-0.2, -0.15) is 0 Å². The van der Waals surface area contributed by atoms with Gasteiger partial charge < -0.3 is 5.73 Å². The van der Waals surface area contributed by atoms with Gasteiger partial charge in [0, 0.05) is 0 Å². The first-order valence-electron chi connectivity index (χ1n) is 5.49. The molecule has 1 aliphatic rings. The third kappa shape index (κ3) is 2.01. The maximum atomic E-state index is 5.90. The first-order valence-corrected chi connectivity index (χ1v) is 5.49. The Kier molecular flexibility index (Phi) is 3.57. The lowest BCUT2D eigenvalue weighted by molar-refractivity contribution is 0.211. The number of rotatable bonds is 6. The molecule has 0 heterocycles. The second-order valence-corrected chi connectivity index (χ2v) is 4.30. The summed E-state index contributed by atoms with van der Waals surface area (Å²) in [5.41, 5.74) is 6.42. The number of unbranched alkanes of at least 4 members (excludes halogenated alkanes) is 1. The van der Waals surface area contributed by atoms with Crippen molar-refractivity contribution in [3.05, 3.63) is 0 Å². The molecule has 1 nitrogen and oxygen atoms in total. The monoisotopic (exact) mass is 169 g/mol. The van der Waals surface area contributed by atoms with E-state index in [1.165, 1.54) is 38.5 Å². The van der Waals surface area contributed by atoms with Gasteiger partial charge in [0.05, 0.1) is 0 Å². The van der Waals surface area contributed by atoms with Crippen LogP contribution in [0.2, 0.25) is 0 Å². The van der Waals surface area contributed by atoms with E-state index in [4.69, 9.17) is 5.73 Å². The highest BCUT2D eigenvalue weighted by Crippen LogP contribution is 2.49. The lowest BCUT2D eigenvalue weighted by atomic mass is 9.76. The van der Waals surface area contributed by atoms with E-state index in [1.807, 2.05) is 0 Å². The summed E-state index contributed by atoms with van der Waals surface area (Å²) in [4.78, 5) is 0. The minimum absolute atomic E-state index is 0.524. The lowest BCUT2D eigenvalue weighted by Gasteiger charge is -2.31. The van der Waals surface area contributed by atoms with Crippen molar-refractivity contribution < 1.29 is 0 Å². The van der Waals surface area contributed by atoms with Crippen LogP contribution in [-0.4, -0.2) is 6.54 Å². The van der Waals surface area contributed by atoms with Gasteiger partial charge in [0.25, 0.3) is 0 Å².